The van der Waals surface area contributed by atoms with Crippen LogP contribution in [0.3, 0.4) is 0 Å². The first-order valence-electron chi connectivity index (χ1n) is 4.52. The minimum absolute atomic E-state index is 0.153. The average Bonchev–Trinajstić information content (AvgIpc) is 2.60. The van der Waals surface area contributed by atoms with E-state index in [1.54, 1.807) is 0 Å². The van der Waals surface area contributed by atoms with Crippen LogP contribution in [0.25, 0.3) is 0 Å². The summed E-state index contributed by atoms with van der Waals surface area (Å²) >= 11 is 0. The summed E-state index contributed by atoms with van der Waals surface area (Å²) in [6, 6.07) is 5.07. The molecule has 0 atom stereocenters. The number of anilines is 1. The second-order valence-corrected chi connectivity index (χ2v) is 3.25. The van der Waals surface area contributed by atoms with E-state index < -0.39 is 30.3 Å². The molecule has 1 amide bonds. The van der Waals surface area contributed by atoms with Gasteiger partial charge in [0.15, 0.2) is 0 Å². The van der Waals surface area contributed by atoms with Crippen molar-refractivity contribution in [1.82, 2.24) is 0 Å². The number of hydrazone groups is 1. The lowest BCUT2D eigenvalue weighted by atomic mass is 10.2. The lowest BCUT2D eigenvalue weighted by Gasteiger charge is -2.10. The summed E-state index contributed by atoms with van der Waals surface area (Å²) in [7, 11) is 0. The van der Waals surface area contributed by atoms with E-state index >= 15 is 0 Å². The maximum absolute atomic E-state index is 12.9. The molecule has 0 bridgehead atoms. The number of hydrogen-bond acceptors (Lipinski definition) is 2. The van der Waals surface area contributed by atoms with Crippen molar-refractivity contribution in [3.8, 4) is 0 Å². The highest BCUT2D eigenvalue weighted by atomic mass is 19.3. The van der Waals surface area contributed by atoms with Gasteiger partial charge < -0.3 is 0 Å². The Bertz CT molecular complexity index is 459. The second-order valence-electron chi connectivity index (χ2n) is 3.25. The Kier molecular flexibility index (Phi) is 2.64. The standard InChI is InChI=1S/C10H7F3N2O/c11-6-2-1-3-7(4-6)15-9(16)5-8(14-15)10(12)13/h1-4,10H,5H2. The van der Waals surface area contributed by atoms with E-state index in [1.165, 1.54) is 18.2 Å². The Morgan fingerprint density at radius 1 is 1.38 bits per heavy atom. The summed E-state index contributed by atoms with van der Waals surface area (Å²) in [5, 5.41) is 4.26. The Labute approximate surface area is 89.2 Å². The van der Waals surface area contributed by atoms with Gasteiger partial charge in [-0.05, 0) is 18.2 Å². The first-order valence-corrected chi connectivity index (χ1v) is 4.52. The molecule has 0 saturated heterocycles. The molecule has 84 valence electrons. The van der Waals surface area contributed by atoms with Gasteiger partial charge in [0.2, 0.25) is 0 Å². The van der Waals surface area contributed by atoms with E-state index in [0.717, 1.165) is 11.1 Å². The summed E-state index contributed by atoms with van der Waals surface area (Å²) in [4.78, 5) is 11.4. The molecule has 1 aromatic rings. The van der Waals surface area contributed by atoms with Crippen molar-refractivity contribution >= 4 is 17.3 Å². The molecule has 0 spiro atoms. The third-order valence-electron chi connectivity index (χ3n) is 2.10. The Morgan fingerprint density at radius 2 is 2.12 bits per heavy atom. The molecule has 2 rings (SSSR count). The SMILES string of the molecule is O=C1CC(C(F)F)=NN1c1cccc(F)c1. The van der Waals surface area contributed by atoms with Crippen molar-refractivity contribution < 1.29 is 18.0 Å². The topological polar surface area (TPSA) is 32.7 Å². The predicted octanol–water partition coefficient (Wildman–Crippen LogP) is 2.18. The van der Waals surface area contributed by atoms with Crippen LogP contribution < -0.4 is 5.01 Å². The fraction of sp³-hybridized carbons (Fsp3) is 0.200. The molecule has 16 heavy (non-hydrogen) atoms. The van der Waals surface area contributed by atoms with Gasteiger partial charge in [-0.1, -0.05) is 6.07 Å². The normalized spacial score (nSPS) is 15.9. The molecule has 1 heterocycles. The minimum atomic E-state index is -2.76. The Morgan fingerprint density at radius 3 is 2.69 bits per heavy atom. The number of carbonyl (C=O) groups is 1. The summed E-state index contributed by atoms with van der Waals surface area (Å²) < 4.78 is 37.5. The number of rotatable bonds is 2. The molecule has 0 aromatic heterocycles. The first-order chi connectivity index (χ1) is 7.58. The maximum atomic E-state index is 12.9. The Hall–Kier alpha value is -1.85. The zero-order valence-corrected chi connectivity index (χ0v) is 8.03. The molecular weight excluding hydrogens is 221 g/mol. The molecule has 0 N–H and O–H groups in total. The number of halogens is 3. The summed E-state index contributed by atoms with van der Waals surface area (Å²) in [6.07, 6.45) is -3.18. The van der Waals surface area contributed by atoms with Crippen LogP contribution in [-0.2, 0) is 4.79 Å². The highest BCUT2D eigenvalue weighted by molar-refractivity contribution is 6.13. The monoisotopic (exact) mass is 228 g/mol. The van der Waals surface area contributed by atoms with E-state index in [9.17, 15) is 18.0 Å². The number of alkyl halides is 2. The molecule has 3 nitrogen and oxygen atoms in total. The third kappa shape index (κ3) is 1.91. The molecule has 0 aliphatic carbocycles. The summed E-state index contributed by atoms with van der Waals surface area (Å²) in [5.41, 5.74) is -0.338. The van der Waals surface area contributed by atoms with Crippen LogP contribution in [0.4, 0.5) is 18.9 Å². The number of carbonyl (C=O) groups excluding carboxylic acids is 1. The number of amides is 1. The number of hydrogen-bond donors (Lipinski definition) is 0. The van der Waals surface area contributed by atoms with Crippen LogP contribution >= 0.6 is 0 Å². The zero-order chi connectivity index (χ0) is 11.7. The van der Waals surface area contributed by atoms with Crippen molar-refractivity contribution in [3.63, 3.8) is 0 Å². The van der Waals surface area contributed by atoms with Gasteiger partial charge in [-0.3, -0.25) is 4.79 Å². The van der Waals surface area contributed by atoms with Gasteiger partial charge in [0.25, 0.3) is 12.3 Å². The van der Waals surface area contributed by atoms with E-state index in [1.807, 2.05) is 0 Å². The Balaban J connectivity index is 2.31. The molecule has 1 aliphatic rings. The fourth-order valence-electron chi connectivity index (χ4n) is 1.38. The molecule has 0 unspecified atom stereocenters. The van der Waals surface area contributed by atoms with Gasteiger partial charge in [0.1, 0.15) is 11.5 Å². The lowest BCUT2D eigenvalue weighted by molar-refractivity contribution is -0.117. The average molecular weight is 228 g/mol. The predicted molar refractivity (Wildman–Crippen MR) is 51.9 cm³/mol. The lowest BCUT2D eigenvalue weighted by Crippen LogP contribution is -2.19. The van der Waals surface area contributed by atoms with Gasteiger partial charge >= 0.3 is 0 Å². The van der Waals surface area contributed by atoms with Crippen molar-refractivity contribution in [2.75, 3.05) is 5.01 Å². The van der Waals surface area contributed by atoms with Crippen LogP contribution in [-0.4, -0.2) is 18.0 Å². The van der Waals surface area contributed by atoms with E-state index in [4.69, 9.17) is 0 Å². The quantitative estimate of drug-likeness (QED) is 0.763. The molecular formula is C10H7F3N2O. The van der Waals surface area contributed by atoms with Crippen LogP contribution in [0.1, 0.15) is 6.42 Å². The van der Waals surface area contributed by atoms with E-state index in [-0.39, 0.29) is 5.69 Å². The zero-order valence-electron chi connectivity index (χ0n) is 8.03. The number of benzene rings is 1. The van der Waals surface area contributed by atoms with Crippen molar-refractivity contribution in [3.05, 3.63) is 30.1 Å². The van der Waals surface area contributed by atoms with Crippen molar-refractivity contribution in [2.24, 2.45) is 5.10 Å². The molecule has 0 fully saturated rings. The van der Waals surface area contributed by atoms with Gasteiger partial charge in [-0.15, -0.1) is 0 Å². The third-order valence-corrected chi connectivity index (χ3v) is 2.10. The molecule has 1 aliphatic heterocycles. The van der Waals surface area contributed by atoms with Gasteiger partial charge in [0, 0.05) is 0 Å². The smallest absolute Gasteiger partial charge is 0.272 e. The van der Waals surface area contributed by atoms with Gasteiger partial charge in [-0.25, -0.2) is 18.2 Å². The molecule has 1 aromatic carbocycles. The largest absolute Gasteiger partial charge is 0.278 e. The fourth-order valence-corrected chi connectivity index (χ4v) is 1.38. The highest BCUT2D eigenvalue weighted by Gasteiger charge is 2.30. The number of nitrogens with zero attached hydrogens (tertiary/aromatic N) is 2. The van der Waals surface area contributed by atoms with Crippen LogP contribution in [0.5, 0.6) is 0 Å². The summed E-state index contributed by atoms with van der Waals surface area (Å²) in [5.74, 6) is -1.13. The summed E-state index contributed by atoms with van der Waals surface area (Å²) in [6.45, 7) is 0. The maximum Gasteiger partial charge on any atom is 0.278 e. The van der Waals surface area contributed by atoms with Crippen LogP contribution in [0.2, 0.25) is 0 Å². The molecule has 0 radical (unpaired) electrons. The van der Waals surface area contributed by atoms with E-state index in [2.05, 4.69) is 5.10 Å². The van der Waals surface area contributed by atoms with Crippen LogP contribution in [0.15, 0.2) is 29.4 Å². The van der Waals surface area contributed by atoms with Crippen molar-refractivity contribution in [1.29, 1.82) is 0 Å². The van der Waals surface area contributed by atoms with Gasteiger partial charge in [0.05, 0.1) is 12.1 Å². The molecule has 0 saturated carbocycles. The van der Waals surface area contributed by atoms with E-state index in [0.29, 0.717) is 0 Å². The highest BCUT2D eigenvalue weighted by Crippen LogP contribution is 2.22. The minimum Gasteiger partial charge on any atom is -0.272 e. The van der Waals surface area contributed by atoms with Crippen LogP contribution in [0, 0.1) is 5.82 Å². The van der Waals surface area contributed by atoms with Crippen molar-refractivity contribution in [2.45, 2.75) is 12.8 Å². The van der Waals surface area contributed by atoms with Gasteiger partial charge in [-0.2, -0.15) is 5.10 Å². The first kappa shape index (κ1) is 10.7. The second kappa shape index (κ2) is 3.96. The molecule has 6 heteroatoms.